The zero-order chi connectivity index (χ0) is 13.7. The molecule has 19 heavy (non-hydrogen) atoms. The lowest BCUT2D eigenvalue weighted by Gasteiger charge is -2.15. The highest BCUT2D eigenvalue weighted by Crippen LogP contribution is 2.43. The van der Waals surface area contributed by atoms with Gasteiger partial charge in [0.05, 0.1) is 0 Å². The number of halogens is 1. The van der Waals surface area contributed by atoms with E-state index in [2.05, 4.69) is 6.58 Å². The Labute approximate surface area is 118 Å². The van der Waals surface area contributed by atoms with E-state index in [0.717, 1.165) is 29.8 Å². The second-order valence-corrected chi connectivity index (χ2v) is 4.82. The average Bonchev–Trinajstić information content (AvgIpc) is 2.75. The highest BCUT2D eigenvalue weighted by atomic mass is 35.5. The number of hydrogen-bond acceptors (Lipinski definition) is 3. The second kappa shape index (κ2) is 6.62. The van der Waals surface area contributed by atoms with Crippen LogP contribution in [-0.2, 0) is 4.79 Å². The van der Waals surface area contributed by atoms with Gasteiger partial charge in [-0.25, -0.2) is 0 Å². The van der Waals surface area contributed by atoms with Crippen molar-refractivity contribution in [2.75, 3.05) is 12.5 Å². The first-order chi connectivity index (χ1) is 9.30. The lowest BCUT2D eigenvalue weighted by atomic mass is 9.91. The Morgan fingerprint density at radius 2 is 2.32 bits per heavy atom. The van der Waals surface area contributed by atoms with E-state index in [0.29, 0.717) is 18.9 Å². The minimum absolute atomic E-state index is 0.110. The van der Waals surface area contributed by atoms with Gasteiger partial charge in [-0.15, -0.1) is 11.6 Å². The molecule has 1 heterocycles. The normalized spacial score (nSPS) is 20.5. The van der Waals surface area contributed by atoms with E-state index >= 15 is 0 Å². The largest absolute Gasteiger partial charge is 0.490 e. The van der Waals surface area contributed by atoms with Crippen LogP contribution < -0.4 is 9.47 Å². The van der Waals surface area contributed by atoms with E-state index in [9.17, 15) is 4.79 Å². The first-order valence-electron chi connectivity index (χ1n) is 6.34. The number of alkyl halides is 1. The minimum atomic E-state index is -0.110. The Bertz CT molecular complexity index is 459. The molecule has 0 fully saturated rings. The molecule has 3 nitrogen and oxygen atoms in total. The number of carbonyl (C=O) groups excluding carboxylic acids is 1. The summed E-state index contributed by atoms with van der Waals surface area (Å²) in [5.41, 5.74) is 1.08. The fraction of sp³-hybridized carbons (Fsp3) is 0.400. The maximum absolute atomic E-state index is 10.7. The van der Waals surface area contributed by atoms with E-state index in [4.69, 9.17) is 21.1 Å². The zero-order valence-corrected chi connectivity index (χ0v) is 11.4. The Hall–Kier alpha value is -1.48. The third kappa shape index (κ3) is 3.10. The maximum Gasteiger partial charge on any atom is 0.123 e. The SMILES string of the molecule is C=CCOc1ccc2c(c1)[C@H](CCCl)[C@@H](CC=O)O2. The molecule has 0 aliphatic carbocycles. The molecule has 0 saturated carbocycles. The Morgan fingerprint density at radius 1 is 1.47 bits per heavy atom. The van der Waals surface area contributed by atoms with Gasteiger partial charge in [0.15, 0.2) is 0 Å². The number of carbonyl (C=O) groups is 1. The van der Waals surface area contributed by atoms with Gasteiger partial charge in [-0.2, -0.15) is 0 Å². The number of benzene rings is 1. The van der Waals surface area contributed by atoms with Crippen LogP contribution in [0.4, 0.5) is 0 Å². The van der Waals surface area contributed by atoms with Crippen molar-refractivity contribution in [2.45, 2.75) is 24.9 Å². The number of aldehydes is 1. The molecule has 0 saturated heterocycles. The van der Waals surface area contributed by atoms with Crippen LogP contribution in [0.25, 0.3) is 0 Å². The molecule has 0 spiro atoms. The fourth-order valence-corrected chi connectivity index (χ4v) is 2.62. The maximum atomic E-state index is 10.7. The molecule has 4 heteroatoms. The van der Waals surface area contributed by atoms with Crippen LogP contribution in [0.5, 0.6) is 11.5 Å². The summed E-state index contributed by atoms with van der Waals surface area (Å²) in [5.74, 6) is 2.31. The minimum Gasteiger partial charge on any atom is -0.490 e. The smallest absolute Gasteiger partial charge is 0.123 e. The summed E-state index contributed by atoms with van der Waals surface area (Å²) in [4.78, 5) is 10.7. The van der Waals surface area contributed by atoms with Gasteiger partial charge in [0.25, 0.3) is 0 Å². The van der Waals surface area contributed by atoms with Gasteiger partial charge in [0.2, 0.25) is 0 Å². The van der Waals surface area contributed by atoms with Gasteiger partial charge >= 0.3 is 0 Å². The summed E-state index contributed by atoms with van der Waals surface area (Å²) >= 11 is 5.85. The number of fused-ring (bicyclic) bond motifs is 1. The number of rotatable bonds is 7. The van der Waals surface area contributed by atoms with Crippen LogP contribution >= 0.6 is 11.6 Å². The van der Waals surface area contributed by atoms with Gasteiger partial charge in [-0.3, -0.25) is 0 Å². The van der Waals surface area contributed by atoms with Gasteiger partial charge in [0.1, 0.15) is 30.5 Å². The molecular weight excluding hydrogens is 264 g/mol. The first kappa shape index (κ1) is 13.9. The third-order valence-corrected chi connectivity index (χ3v) is 3.44. The Balaban J connectivity index is 2.22. The first-order valence-corrected chi connectivity index (χ1v) is 6.87. The van der Waals surface area contributed by atoms with Crippen LogP contribution in [-0.4, -0.2) is 24.9 Å². The lowest BCUT2D eigenvalue weighted by molar-refractivity contribution is -0.109. The van der Waals surface area contributed by atoms with Crippen LogP contribution in [0.15, 0.2) is 30.9 Å². The second-order valence-electron chi connectivity index (χ2n) is 4.44. The summed E-state index contributed by atoms with van der Waals surface area (Å²) in [6.07, 6.45) is 3.67. The predicted molar refractivity (Wildman–Crippen MR) is 75.3 cm³/mol. The highest BCUT2D eigenvalue weighted by molar-refractivity contribution is 6.17. The molecule has 0 N–H and O–H groups in total. The topological polar surface area (TPSA) is 35.5 Å². The molecule has 0 radical (unpaired) electrons. The molecule has 1 aliphatic heterocycles. The summed E-state index contributed by atoms with van der Waals surface area (Å²) in [6.45, 7) is 4.09. The van der Waals surface area contributed by atoms with Gasteiger partial charge in [-0.05, 0) is 24.6 Å². The van der Waals surface area contributed by atoms with Crippen molar-refractivity contribution in [3.63, 3.8) is 0 Å². The summed E-state index contributed by atoms with van der Waals surface area (Å²) in [6, 6.07) is 5.73. The van der Waals surface area contributed by atoms with E-state index in [1.807, 2.05) is 18.2 Å². The Kier molecular flexibility index (Phi) is 4.86. The van der Waals surface area contributed by atoms with Gasteiger partial charge < -0.3 is 14.3 Å². The van der Waals surface area contributed by atoms with E-state index in [1.54, 1.807) is 6.08 Å². The van der Waals surface area contributed by atoms with Crippen molar-refractivity contribution in [1.29, 1.82) is 0 Å². The molecule has 2 rings (SSSR count). The van der Waals surface area contributed by atoms with Crippen molar-refractivity contribution in [3.8, 4) is 11.5 Å². The van der Waals surface area contributed by atoms with Crippen LogP contribution in [0.3, 0.4) is 0 Å². The number of ether oxygens (including phenoxy) is 2. The molecule has 0 unspecified atom stereocenters. The highest BCUT2D eigenvalue weighted by Gasteiger charge is 2.33. The van der Waals surface area contributed by atoms with Crippen molar-refractivity contribution in [3.05, 3.63) is 36.4 Å². The van der Waals surface area contributed by atoms with Gasteiger partial charge in [0, 0.05) is 23.8 Å². The van der Waals surface area contributed by atoms with Crippen molar-refractivity contribution >= 4 is 17.9 Å². The number of hydrogen-bond donors (Lipinski definition) is 0. The fourth-order valence-electron chi connectivity index (χ4n) is 2.38. The van der Waals surface area contributed by atoms with E-state index < -0.39 is 0 Å². The van der Waals surface area contributed by atoms with Crippen molar-refractivity contribution in [2.24, 2.45) is 0 Å². The average molecular weight is 281 g/mol. The molecule has 0 aromatic heterocycles. The lowest BCUT2D eigenvalue weighted by Crippen LogP contribution is -2.19. The molecule has 0 amide bonds. The third-order valence-electron chi connectivity index (χ3n) is 3.22. The van der Waals surface area contributed by atoms with Crippen LogP contribution in [0.2, 0.25) is 0 Å². The predicted octanol–water partition coefficient (Wildman–Crippen LogP) is 3.31. The molecule has 2 atom stereocenters. The molecular formula is C15H17ClO3. The molecule has 1 aliphatic rings. The summed E-state index contributed by atoms with van der Waals surface area (Å²) < 4.78 is 11.3. The van der Waals surface area contributed by atoms with Crippen LogP contribution in [0, 0.1) is 0 Å². The molecule has 102 valence electrons. The Morgan fingerprint density at radius 3 is 3.00 bits per heavy atom. The van der Waals surface area contributed by atoms with Gasteiger partial charge in [-0.1, -0.05) is 12.7 Å². The van der Waals surface area contributed by atoms with Crippen LogP contribution in [0.1, 0.15) is 24.3 Å². The summed E-state index contributed by atoms with van der Waals surface area (Å²) in [7, 11) is 0. The summed E-state index contributed by atoms with van der Waals surface area (Å²) in [5, 5.41) is 0. The molecule has 0 bridgehead atoms. The zero-order valence-electron chi connectivity index (χ0n) is 10.7. The monoisotopic (exact) mass is 280 g/mol. The van der Waals surface area contributed by atoms with Crippen molar-refractivity contribution in [1.82, 2.24) is 0 Å². The van der Waals surface area contributed by atoms with E-state index in [-0.39, 0.29) is 12.0 Å². The molecule has 1 aromatic carbocycles. The molecule has 1 aromatic rings. The standard InChI is InChI=1S/C15H17ClO3/c1-2-9-18-11-3-4-14-13(10-11)12(5-7-16)15(19-14)6-8-17/h2-4,8,10,12,15H,1,5-7,9H2/t12-,15+/m0/s1. The quantitative estimate of drug-likeness (QED) is 0.437. The van der Waals surface area contributed by atoms with E-state index in [1.165, 1.54) is 0 Å². The van der Waals surface area contributed by atoms with Crippen molar-refractivity contribution < 1.29 is 14.3 Å².